The maximum Gasteiger partial charge on any atom is 0.387 e. The molecule has 25 heavy (non-hydrogen) atoms. The van der Waals surface area contributed by atoms with Gasteiger partial charge in [0, 0.05) is 11.3 Å². The molecule has 0 radical (unpaired) electrons. The van der Waals surface area contributed by atoms with Crippen LogP contribution in [0.5, 0.6) is 11.5 Å². The van der Waals surface area contributed by atoms with E-state index in [0.717, 1.165) is 0 Å². The van der Waals surface area contributed by atoms with Crippen LogP contribution in [0.4, 0.5) is 18.9 Å². The van der Waals surface area contributed by atoms with Gasteiger partial charge in [-0.05, 0) is 30.3 Å². The summed E-state index contributed by atoms with van der Waals surface area (Å²) in [5.74, 6) is 0.0731. The van der Waals surface area contributed by atoms with E-state index >= 15 is 0 Å². The molecule has 1 amide bonds. The highest BCUT2D eigenvalue weighted by molar-refractivity contribution is 7.99. The van der Waals surface area contributed by atoms with Gasteiger partial charge in [-0.3, -0.25) is 4.79 Å². The summed E-state index contributed by atoms with van der Waals surface area (Å²) in [5.41, 5.74) is 0.790. The quantitative estimate of drug-likeness (QED) is 0.751. The lowest BCUT2D eigenvalue weighted by molar-refractivity contribution is -0.113. The number of carbonyl (C=O) groups is 1. The molecule has 0 fully saturated rings. The Kier molecular flexibility index (Phi) is 7.00. The van der Waals surface area contributed by atoms with E-state index in [1.165, 1.54) is 55.3 Å². The lowest BCUT2D eigenvalue weighted by atomic mass is 10.2. The van der Waals surface area contributed by atoms with Crippen molar-refractivity contribution in [3.05, 3.63) is 53.8 Å². The largest absolute Gasteiger partial charge is 0.496 e. The number of nitrogens with one attached hydrogen (secondary N) is 1. The first-order chi connectivity index (χ1) is 12.0. The van der Waals surface area contributed by atoms with Crippen molar-refractivity contribution >= 4 is 23.4 Å². The topological polar surface area (TPSA) is 47.6 Å². The van der Waals surface area contributed by atoms with Crippen LogP contribution in [0.2, 0.25) is 0 Å². The Morgan fingerprint density at radius 2 is 1.96 bits per heavy atom. The second-order valence-electron chi connectivity index (χ2n) is 4.87. The Balaban J connectivity index is 1.91. The highest BCUT2D eigenvalue weighted by Gasteiger charge is 2.12. The van der Waals surface area contributed by atoms with Gasteiger partial charge in [0.1, 0.15) is 17.3 Å². The van der Waals surface area contributed by atoms with Crippen molar-refractivity contribution < 1.29 is 27.4 Å². The first-order valence-corrected chi connectivity index (χ1v) is 8.39. The minimum Gasteiger partial charge on any atom is -0.496 e. The Morgan fingerprint density at radius 3 is 2.68 bits per heavy atom. The van der Waals surface area contributed by atoms with E-state index < -0.39 is 6.61 Å². The molecular weight excluding hydrogens is 355 g/mol. The normalized spacial score (nSPS) is 10.6. The summed E-state index contributed by atoms with van der Waals surface area (Å²) in [6.45, 7) is -2.98. The van der Waals surface area contributed by atoms with Gasteiger partial charge in [-0.2, -0.15) is 8.78 Å². The summed E-state index contributed by atoms with van der Waals surface area (Å²) >= 11 is 1.24. The third-order valence-corrected chi connectivity index (χ3v) is 4.09. The van der Waals surface area contributed by atoms with Gasteiger partial charge in [0.15, 0.2) is 0 Å². The molecule has 0 heterocycles. The zero-order valence-corrected chi connectivity index (χ0v) is 14.1. The number of carbonyl (C=O) groups excluding carboxylic acids is 1. The third-order valence-electron chi connectivity index (χ3n) is 3.11. The van der Waals surface area contributed by atoms with Gasteiger partial charge in [0.25, 0.3) is 0 Å². The number of ether oxygens (including phenoxy) is 2. The summed E-state index contributed by atoms with van der Waals surface area (Å²) < 4.78 is 47.5. The summed E-state index contributed by atoms with van der Waals surface area (Å²) in [6.07, 6.45) is 0. The summed E-state index contributed by atoms with van der Waals surface area (Å²) in [7, 11) is 1.48. The van der Waals surface area contributed by atoms with E-state index in [2.05, 4.69) is 10.1 Å². The molecule has 0 unspecified atom stereocenters. The number of rotatable bonds is 8. The average molecular weight is 371 g/mol. The first kappa shape index (κ1) is 19.0. The van der Waals surface area contributed by atoms with Gasteiger partial charge in [-0.1, -0.05) is 12.1 Å². The number of methoxy groups -OCH3 is 1. The second-order valence-corrected chi connectivity index (χ2v) is 5.86. The fraction of sp³-hybridized carbons (Fsp3) is 0.235. The van der Waals surface area contributed by atoms with Gasteiger partial charge >= 0.3 is 6.61 Å². The molecule has 0 bridgehead atoms. The number of alkyl halides is 2. The molecule has 0 aromatic heterocycles. The first-order valence-electron chi connectivity index (χ1n) is 7.23. The molecule has 2 rings (SSSR count). The van der Waals surface area contributed by atoms with Crippen molar-refractivity contribution in [3.63, 3.8) is 0 Å². The van der Waals surface area contributed by atoms with E-state index in [0.29, 0.717) is 17.1 Å². The van der Waals surface area contributed by atoms with Crippen LogP contribution in [0.25, 0.3) is 0 Å². The van der Waals surface area contributed by atoms with E-state index in [1.807, 2.05) is 0 Å². The van der Waals surface area contributed by atoms with Crippen molar-refractivity contribution in [2.45, 2.75) is 12.4 Å². The van der Waals surface area contributed by atoms with Gasteiger partial charge in [0.05, 0.1) is 18.6 Å². The van der Waals surface area contributed by atoms with Crippen LogP contribution >= 0.6 is 11.8 Å². The molecule has 4 nitrogen and oxygen atoms in total. The van der Waals surface area contributed by atoms with Crippen LogP contribution in [-0.2, 0) is 10.5 Å². The van der Waals surface area contributed by atoms with Crippen LogP contribution in [0.3, 0.4) is 0 Å². The van der Waals surface area contributed by atoms with Crippen molar-refractivity contribution in [1.82, 2.24) is 0 Å². The molecule has 0 spiro atoms. The number of thioether (sulfide) groups is 1. The number of anilines is 1. The zero-order valence-electron chi connectivity index (χ0n) is 13.3. The van der Waals surface area contributed by atoms with Crippen molar-refractivity contribution in [1.29, 1.82) is 0 Å². The predicted molar refractivity (Wildman–Crippen MR) is 90.8 cm³/mol. The second kappa shape index (κ2) is 9.22. The number of hydrogen-bond acceptors (Lipinski definition) is 4. The van der Waals surface area contributed by atoms with Gasteiger partial charge < -0.3 is 14.8 Å². The third kappa shape index (κ3) is 5.90. The van der Waals surface area contributed by atoms with E-state index in [-0.39, 0.29) is 28.9 Å². The Morgan fingerprint density at radius 1 is 1.20 bits per heavy atom. The van der Waals surface area contributed by atoms with Gasteiger partial charge in [0.2, 0.25) is 5.91 Å². The fourth-order valence-electron chi connectivity index (χ4n) is 2.07. The van der Waals surface area contributed by atoms with Crippen LogP contribution in [0, 0.1) is 5.82 Å². The minimum atomic E-state index is -2.98. The van der Waals surface area contributed by atoms with Crippen LogP contribution in [-0.4, -0.2) is 25.4 Å². The Hall–Kier alpha value is -2.35. The number of halogens is 3. The highest BCUT2D eigenvalue weighted by atomic mass is 32.2. The molecule has 2 aromatic rings. The number of para-hydroxylation sites is 2. The molecule has 0 saturated heterocycles. The van der Waals surface area contributed by atoms with E-state index in [1.54, 1.807) is 6.07 Å². The molecular formula is C17H16F3NO3S. The smallest absolute Gasteiger partial charge is 0.387 e. The van der Waals surface area contributed by atoms with Gasteiger partial charge in [-0.15, -0.1) is 11.8 Å². The molecule has 8 heteroatoms. The summed E-state index contributed by atoms with van der Waals surface area (Å²) in [6, 6.07) is 10.1. The maximum absolute atomic E-state index is 13.3. The zero-order chi connectivity index (χ0) is 18.2. The molecule has 2 aromatic carbocycles. The molecule has 0 aliphatic rings. The van der Waals surface area contributed by atoms with Crippen LogP contribution < -0.4 is 14.8 Å². The molecule has 0 aliphatic carbocycles. The number of amides is 1. The fourth-order valence-corrected chi connectivity index (χ4v) is 2.87. The predicted octanol–water partition coefficient (Wildman–Crippen LogP) is 4.31. The summed E-state index contributed by atoms with van der Waals surface area (Å²) in [4.78, 5) is 12.0. The van der Waals surface area contributed by atoms with Crippen molar-refractivity contribution in [2.75, 3.05) is 18.2 Å². The molecule has 0 saturated carbocycles. The highest BCUT2D eigenvalue weighted by Crippen LogP contribution is 2.27. The number of benzene rings is 2. The lowest BCUT2D eigenvalue weighted by Crippen LogP contribution is -2.15. The Labute approximate surface area is 147 Å². The minimum absolute atomic E-state index is 0.0582. The molecule has 0 aliphatic heterocycles. The van der Waals surface area contributed by atoms with E-state index in [9.17, 15) is 18.0 Å². The summed E-state index contributed by atoms with van der Waals surface area (Å²) in [5, 5.41) is 2.52. The molecule has 134 valence electrons. The maximum atomic E-state index is 13.3. The molecule has 0 atom stereocenters. The van der Waals surface area contributed by atoms with E-state index in [4.69, 9.17) is 4.74 Å². The standard InChI is InChI=1S/C17H16F3NO3S/c1-23-14-7-6-12(18)8-11(14)9-25-10-16(22)21-13-4-2-3-5-15(13)24-17(19)20/h2-8,17H,9-10H2,1H3,(H,21,22). The van der Waals surface area contributed by atoms with Crippen molar-refractivity contribution in [3.8, 4) is 11.5 Å². The van der Waals surface area contributed by atoms with Gasteiger partial charge in [-0.25, -0.2) is 4.39 Å². The average Bonchev–Trinajstić information content (AvgIpc) is 2.56. The van der Waals surface area contributed by atoms with Crippen LogP contribution in [0.15, 0.2) is 42.5 Å². The SMILES string of the molecule is COc1ccc(F)cc1CSCC(=O)Nc1ccccc1OC(F)F. The Bertz CT molecular complexity index is 728. The number of hydrogen-bond donors (Lipinski definition) is 1. The van der Waals surface area contributed by atoms with Crippen LogP contribution in [0.1, 0.15) is 5.56 Å². The lowest BCUT2D eigenvalue weighted by Gasteiger charge is -2.12. The van der Waals surface area contributed by atoms with Crippen molar-refractivity contribution in [2.24, 2.45) is 0 Å². The monoisotopic (exact) mass is 371 g/mol. The molecule has 1 N–H and O–H groups in total.